The first kappa shape index (κ1) is 14.6. The first-order valence-electron chi connectivity index (χ1n) is 7.67. The Morgan fingerprint density at radius 3 is 2.73 bits per heavy atom. The number of anilines is 3. The normalized spacial score (nSPS) is 14.2. The minimum Gasteiger partial charge on any atom is -0.363 e. The van der Waals surface area contributed by atoms with Crippen LogP contribution in [0.2, 0.25) is 0 Å². The van der Waals surface area contributed by atoms with E-state index in [1.54, 1.807) is 0 Å². The van der Waals surface area contributed by atoms with Crippen molar-refractivity contribution in [1.29, 1.82) is 0 Å². The summed E-state index contributed by atoms with van der Waals surface area (Å²) in [5.41, 5.74) is 0.973. The lowest BCUT2D eigenvalue weighted by Gasteiger charge is -2.16. The maximum absolute atomic E-state index is 4.59. The molecule has 3 heterocycles. The fourth-order valence-electron chi connectivity index (χ4n) is 2.54. The van der Waals surface area contributed by atoms with E-state index in [-0.39, 0.29) is 0 Å². The van der Waals surface area contributed by atoms with Crippen molar-refractivity contribution < 1.29 is 0 Å². The highest BCUT2D eigenvalue weighted by molar-refractivity contribution is 5.43. The van der Waals surface area contributed by atoms with Crippen LogP contribution in [0, 0.1) is 0 Å². The van der Waals surface area contributed by atoms with E-state index < -0.39 is 0 Å². The summed E-state index contributed by atoms with van der Waals surface area (Å²) >= 11 is 0. The molecule has 22 heavy (non-hydrogen) atoms. The summed E-state index contributed by atoms with van der Waals surface area (Å²) < 4.78 is 0. The summed E-state index contributed by atoms with van der Waals surface area (Å²) in [6.45, 7) is 2.79. The maximum Gasteiger partial charge on any atom is 0.224 e. The zero-order chi connectivity index (χ0) is 15.4. The molecule has 6 nitrogen and oxygen atoms in total. The Morgan fingerprint density at radius 2 is 1.95 bits per heavy atom. The van der Waals surface area contributed by atoms with Gasteiger partial charge in [-0.15, -0.1) is 0 Å². The van der Waals surface area contributed by atoms with Gasteiger partial charge in [-0.2, -0.15) is 4.98 Å². The van der Waals surface area contributed by atoms with Gasteiger partial charge in [0, 0.05) is 33.4 Å². The predicted molar refractivity (Wildman–Crippen MR) is 89.4 cm³/mol. The van der Waals surface area contributed by atoms with E-state index in [4.69, 9.17) is 0 Å². The van der Waals surface area contributed by atoms with Crippen molar-refractivity contribution in [3.63, 3.8) is 0 Å². The molecule has 1 aliphatic heterocycles. The van der Waals surface area contributed by atoms with E-state index in [1.807, 2.05) is 49.5 Å². The van der Waals surface area contributed by atoms with Crippen LogP contribution in [-0.4, -0.2) is 42.1 Å². The standard InChI is InChI=1S/C16H22N6/c1-21(2)14-7-5-6-13(19-14)12-18-16-17-9-8-15(20-16)22-10-3-4-11-22/h5-9H,3-4,10-12H2,1-2H3,(H,17,18,20). The van der Waals surface area contributed by atoms with Gasteiger partial charge in [0.15, 0.2) is 0 Å². The molecule has 1 saturated heterocycles. The second kappa shape index (κ2) is 6.60. The Morgan fingerprint density at radius 1 is 1.14 bits per heavy atom. The van der Waals surface area contributed by atoms with Gasteiger partial charge >= 0.3 is 0 Å². The molecule has 6 heteroatoms. The lowest BCUT2D eigenvalue weighted by molar-refractivity contribution is 0.917. The average molecular weight is 298 g/mol. The van der Waals surface area contributed by atoms with Crippen molar-refractivity contribution in [1.82, 2.24) is 15.0 Å². The summed E-state index contributed by atoms with van der Waals surface area (Å²) in [6, 6.07) is 7.99. The van der Waals surface area contributed by atoms with E-state index >= 15 is 0 Å². The molecule has 0 aliphatic carbocycles. The van der Waals surface area contributed by atoms with Crippen molar-refractivity contribution in [3.8, 4) is 0 Å². The number of nitrogens with zero attached hydrogens (tertiary/aromatic N) is 5. The van der Waals surface area contributed by atoms with Crippen LogP contribution in [0.25, 0.3) is 0 Å². The van der Waals surface area contributed by atoms with Gasteiger partial charge in [-0.3, -0.25) is 0 Å². The zero-order valence-corrected chi connectivity index (χ0v) is 13.2. The Balaban J connectivity index is 1.66. The van der Waals surface area contributed by atoms with E-state index in [9.17, 15) is 0 Å². The highest BCUT2D eigenvalue weighted by Crippen LogP contribution is 2.18. The number of aromatic nitrogens is 3. The van der Waals surface area contributed by atoms with Crippen LogP contribution >= 0.6 is 0 Å². The molecule has 0 spiro atoms. The molecule has 116 valence electrons. The van der Waals surface area contributed by atoms with Crippen molar-refractivity contribution in [2.45, 2.75) is 19.4 Å². The van der Waals surface area contributed by atoms with Crippen LogP contribution in [0.15, 0.2) is 30.5 Å². The monoisotopic (exact) mass is 298 g/mol. The number of pyridine rings is 1. The molecule has 1 fully saturated rings. The molecule has 0 saturated carbocycles. The average Bonchev–Trinajstić information content (AvgIpc) is 3.08. The van der Waals surface area contributed by atoms with Gasteiger partial charge in [-0.25, -0.2) is 9.97 Å². The van der Waals surface area contributed by atoms with Gasteiger partial charge in [-0.1, -0.05) is 6.07 Å². The molecular weight excluding hydrogens is 276 g/mol. The molecule has 2 aromatic rings. The van der Waals surface area contributed by atoms with Gasteiger partial charge in [-0.05, 0) is 31.0 Å². The quantitative estimate of drug-likeness (QED) is 0.913. The fourth-order valence-corrected chi connectivity index (χ4v) is 2.54. The molecule has 3 rings (SSSR count). The third kappa shape index (κ3) is 3.44. The molecule has 0 amide bonds. The molecule has 0 atom stereocenters. The van der Waals surface area contributed by atoms with E-state index in [2.05, 4.69) is 25.2 Å². The van der Waals surface area contributed by atoms with Crippen molar-refractivity contribution in [3.05, 3.63) is 36.2 Å². The Labute approximate surface area is 131 Å². The Bertz CT molecular complexity index is 622. The number of hydrogen-bond donors (Lipinski definition) is 1. The van der Waals surface area contributed by atoms with Crippen LogP contribution in [0.5, 0.6) is 0 Å². The zero-order valence-electron chi connectivity index (χ0n) is 13.2. The molecule has 0 radical (unpaired) electrons. The SMILES string of the molecule is CN(C)c1cccc(CNc2nccc(N3CCCC3)n2)n1. The number of rotatable bonds is 5. The van der Waals surface area contributed by atoms with E-state index in [0.29, 0.717) is 12.5 Å². The molecule has 0 unspecified atom stereocenters. The van der Waals surface area contributed by atoms with Crippen molar-refractivity contribution >= 4 is 17.6 Å². The highest BCUT2D eigenvalue weighted by Gasteiger charge is 2.13. The van der Waals surface area contributed by atoms with Crippen LogP contribution in [0.3, 0.4) is 0 Å². The van der Waals surface area contributed by atoms with E-state index in [1.165, 1.54) is 12.8 Å². The molecule has 2 aromatic heterocycles. The van der Waals surface area contributed by atoms with Gasteiger partial charge in [0.1, 0.15) is 11.6 Å². The summed E-state index contributed by atoms with van der Waals surface area (Å²) in [7, 11) is 3.98. The lowest BCUT2D eigenvalue weighted by atomic mass is 10.3. The minimum atomic E-state index is 0.616. The van der Waals surface area contributed by atoms with Crippen molar-refractivity contribution in [2.24, 2.45) is 0 Å². The third-order valence-electron chi connectivity index (χ3n) is 3.75. The maximum atomic E-state index is 4.59. The van der Waals surface area contributed by atoms with Gasteiger partial charge in [0.05, 0.1) is 12.2 Å². The Kier molecular flexibility index (Phi) is 4.37. The smallest absolute Gasteiger partial charge is 0.224 e. The summed E-state index contributed by atoms with van der Waals surface area (Å²) in [5.74, 6) is 2.61. The largest absolute Gasteiger partial charge is 0.363 e. The summed E-state index contributed by atoms with van der Waals surface area (Å²) in [4.78, 5) is 17.8. The second-order valence-electron chi connectivity index (χ2n) is 5.67. The van der Waals surface area contributed by atoms with Crippen LogP contribution < -0.4 is 15.1 Å². The fraction of sp³-hybridized carbons (Fsp3) is 0.438. The molecule has 1 aliphatic rings. The van der Waals surface area contributed by atoms with Gasteiger partial charge < -0.3 is 15.1 Å². The third-order valence-corrected chi connectivity index (χ3v) is 3.75. The molecular formula is C16H22N6. The number of nitrogens with one attached hydrogen (secondary N) is 1. The Hall–Kier alpha value is -2.37. The predicted octanol–water partition coefficient (Wildman–Crippen LogP) is 2.15. The summed E-state index contributed by atoms with van der Waals surface area (Å²) in [6.07, 6.45) is 4.30. The molecule has 0 aromatic carbocycles. The lowest BCUT2D eigenvalue weighted by Crippen LogP contribution is -2.19. The second-order valence-corrected chi connectivity index (χ2v) is 5.67. The molecule has 0 bridgehead atoms. The van der Waals surface area contributed by atoms with Gasteiger partial charge in [0.25, 0.3) is 0 Å². The van der Waals surface area contributed by atoms with Crippen LogP contribution in [0.1, 0.15) is 18.5 Å². The van der Waals surface area contributed by atoms with Crippen molar-refractivity contribution in [2.75, 3.05) is 42.3 Å². The van der Waals surface area contributed by atoms with E-state index in [0.717, 1.165) is 30.4 Å². The minimum absolute atomic E-state index is 0.616. The van der Waals surface area contributed by atoms with Crippen LogP contribution in [0.4, 0.5) is 17.6 Å². The first-order chi connectivity index (χ1) is 10.7. The highest BCUT2D eigenvalue weighted by atomic mass is 15.2. The van der Waals surface area contributed by atoms with Crippen LogP contribution in [-0.2, 0) is 6.54 Å². The topological polar surface area (TPSA) is 57.2 Å². The molecule has 1 N–H and O–H groups in total. The summed E-state index contributed by atoms with van der Waals surface area (Å²) in [5, 5.41) is 3.26. The first-order valence-corrected chi connectivity index (χ1v) is 7.67. The number of hydrogen-bond acceptors (Lipinski definition) is 6. The van der Waals surface area contributed by atoms with Gasteiger partial charge in [0.2, 0.25) is 5.95 Å².